The Morgan fingerprint density at radius 2 is 0.565 bits per heavy atom. The molecule has 0 fully saturated rings. The Balaban J connectivity index is 0.000000104. The van der Waals surface area contributed by atoms with Crippen LogP contribution in [0.3, 0.4) is 0 Å². The number of thiophene rings is 4. The van der Waals surface area contributed by atoms with Gasteiger partial charge in [0.05, 0.1) is 55.7 Å². The fourth-order valence-electron chi connectivity index (χ4n) is 19.6. The minimum atomic E-state index is 0.673. The number of fused-ring (bicyclic) bond motifs is 25. The third-order valence-corrected chi connectivity index (χ3v) is 30.5. The van der Waals surface area contributed by atoms with Crippen molar-refractivity contribution in [3.8, 4) is 96.1 Å². The van der Waals surface area contributed by atoms with E-state index >= 15 is 0 Å². The zero-order valence-corrected chi connectivity index (χ0v) is 73.4. The van der Waals surface area contributed by atoms with E-state index in [1.807, 2.05) is 88.1 Å². The molecule has 0 radical (unpaired) electrons. The molecule has 612 valence electrons. The maximum Gasteiger partial charge on any atom is 0.235 e. The van der Waals surface area contributed by atoms with Gasteiger partial charge in [0.2, 0.25) is 11.9 Å². The van der Waals surface area contributed by atoms with E-state index in [1.165, 1.54) is 146 Å². The van der Waals surface area contributed by atoms with Gasteiger partial charge in [0.15, 0.2) is 5.82 Å². The molecular weight excluding hydrogens is 1670 g/mol. The van der Waals surface area contributed by atoms with Crippen molar-refractivity contribution in [3.05, 3.63) is 431 Å². The highest BCUT2D eigenvalue weighted by Crippen LogP contribution is 2.49. The molecule has 10 aromatic heterocycles. The first-order valence-corrected chi connectivity index (χ1v) is 47.1. The monoisotopic (exact) mass is 1740 g/mol. The minimum absolute atomic E-state index is 0.673. The molecule has 0 amide bonds. The SMILES string of the molecule is c1ccc(-c2ccc(-c3cccc(-c4ccnc(-n5c6ccccc6c6c7sc8ccccc8c7ccc65)n4)c3)cc2)cc1.c1ccc(-c2ccc(-c3nc(-c4ccc5c6c7sc8ccccc8c7ccc6n(-c6ccccc6)c5c4)nc4ccccc34)cc2)cc1.c1ccc2c(c1)sc1c(-c3ccnc(-n4c5ccccc5c5c6sc7ccccc7c6ccc54)n3)cccc12. The third kappa shape index (κ3) is 12.8. The second-order valence-corrected chi connectivity index (χ2v) is 37.3. The maximum absolute atomic E-state index is 5.27. The number of aromatic nitrogens is 9. The second kappa shape index (κ2) is 31.4. The van der Waals surface area contributed by atoms with Gasteiger partial charge in [0.25, 0.3) is 0 Å². The molecule has 28 rings (SSSR count). The predicted octanol–water partition coefficient (Wildman–Crippen LogP) is 33.0. The summed E-state index contributed by atoms with van der Waals surface area (Å²) in [6.07, 6.45) is 3.76. The fourth-order valence-corrected chi connectivity index (χ4v) is 24.6. The van der Waals surface area contributed by atoms with E-state index in [2.05, 4.69) is 402 Å². The van der Waals surface area contributed by atoms with Crippen LogP contribution in [0.2, 0.25) is 0 Å². The van der Waals surface area contributed by atoms with Crippen molar-refractivity contribution in [1.29, 1.82) is 0 Å². The smallest absolute Gasteiger partial charge is 0.235 e. The molecule has 0 aliphatic heterocycles. The van der Waals surface area contributed by atoms with E-state index in [1.54, 1.807) is 0 Å². The van der Waals surface area contributed by atoms with Gasteiger partial charge in [-0.1, -0.05) is 322 Å². The normalized spacial score (nSPS) is 11.8. The van der Waals surface area contributed by atoms with E-state index < -0.39 is 0 Å². The Morgan fingerprint density at radius 3 is 1.10 bits per heavy atom. The van der Waals surface area contributed by atoms with Crippen molar-refractivity contribution in [2.24, 2.45) is 0 Å². The van der Waals surface area contributed by atoms with Crippen molar-refractivity contribution in [3.63, 3.8) is 0 Å². The molecule has 0 aliphatic rings. The molecule has 0 saturated heterocycles. The van der Waals surface area contributed by atoms with E-state index in [9.17, 15) is 0 Å². The first kappa shape index (κ1) is 76.0. The van der Waals surface area contributed by atoms with Crippen LogP contribution >= 0.6 is 45.3 Å². The lowest BCUT2D eigenvalue weighted by Crippen LogP contribution is -2.01. The standard InChI is InChI=1S/C44H27N3S.C40H25N3S.C34H19N3S2/c1-3-11-28(12-4-1)29-19-21-30(22-20-29)42-35-16-7-9-17-37(35)45-44(46-42)31-23-24-36-39(27-31)47(32-13-5-2-6-14-32)38-26-25-34-33-15-8-10-18-40(33)48-43(34)41(36)38;1-2-9-26(10-3-1)27-17-19-28(20-18-27)29-11-8-12-30(25-29)34-23-24-41-40(42-34)43-35-15-6-4-14-33(35)38-36(43)22-21-32-31-13-5-7-16-37(31)44-39(32)38;1-4-13-27-25(10-1)31-28(17-16-23-21-9-3-6-15-30(21)39-33(23)31)37(27)34-35-19-18-26(36-34)24-12-7-11-22-20-8-2-5-14-29(20)38-32(22)24/h1-27H;1-25H;1-19H. The van der Waals surface area contributed by atoms with E-state index in [-0.39, 0.29) is 0 Å². The average Bonchev–Trinajstić information content (AvgIpc) is 1.57. The number of nitrogens with zero attached hydrogens (tertiary/aromatic N) is 9. The minimum Gasteiger partial charge on any atom is -0.309 e. The largest absolute Gasteiger partial charge is 0.309 e. The Kier molecular flexibility index (Phi) is 18.2. The van der Waals surface area contributed by atoms with Crippen LogP contribution in [0.15, 0.2) is 431 Å². The summed E-state index contributed by atoms with van der Waals surface area (Å²) in [5.41, 5.74) is 23.1. The van der Waals surface area contributed by atoms with Gasteiger partial charge in [0.1, 0.15) is 0 Å². The molecule has 0 spiro atoms. The van der Waals surface area contributed by atoms with E-state index in [0.29, 0.717) is 11.9 Å². The van der Waals surface area contributed by atoms with Gasteiger partial charge in [-0.3, -0.25) is 9.13 Å². The summed E-state index contributed by atoms with van der Waals surface area (Å²) in [7, 11) is 0. The maximum atomic E-state index is 5.27. The van der Waals surface area contributed by atoms with Gasteiger partial charge in [0, 0.05) is 159 Å². The lowest BCUT2D eigenvalue weighted by Gasteiger charge is -2.11. The zero-order valence-electron chi connectivity index (χ0n) is 70.1. The van der Waals surface area contributed by atoms with Crippen LogP contribution in [0.4, 0.5) is 0 Å². The Labute approximate surface area is 766 Å². The molecule has 0 aliphatic carbocycles. The molecule has 0 bridgehead atoms. The summed E-state index contributed by atoms with van der Waals surface area (Å²) in [6.45, 7) is 0. The number of benzene rings is 18. The molecule has 28 aromatic rings. The molecule has 13 heteroatoms. The molecule has 131 heavy (non-hydrogen) atoms. The quantitative estimate of drug-likeness (QED) is 0.135. The van der Waals surface area contributed by atoms with Gasteiger partial charge in [-0.25, -0.2) is 29.9 Å². The average molecular weight is 1740 g/mol. The molecule has 0 atom stereocenters. The van der Waals surface area contributed by atoms with Crippen molar-refractivity contribution in [2.45, 2.75) is 0 Å². The Morgan fingerprint density at radius 1 is 0.198 bits per heavy atom. The summed E-state index contributed by atoms with van der Waals surface area (Å²) in [5.74, 6) is 2.08. The Bertz CT molecular complexity index is 9430. The lowest BCUT2D eigenvalue weighted by molar-refractivity contribution is 0.992. The number of rotatable bonds is 10. The number of hydrogen-bond acceptors (Lipinski definition) is 10. The molecule has 0 unspecified atom stereocenters. The first-order chi connectivity index (χ1) is 65.0. The summed E-state index contributed by atoms with van der Waals surface area (Å²) >= 11 is 7.43. The molecule has 9 nitrogen and oxygen atoms in total. The van der Waals surface area contributed by atoms with Crippen molar-refractivity contribution in [1.82, 2.24) is 43.6 Å². The van der Waals surface area contributed by atoms with Gasteiger partial charge < -0.3 is 4.57 Å². The van der Waals surface area contributed by atoms with Crippen molar-refractivity contribution < 1.29 is 0 Å². The number of para-hydroxylation sites is 4. The highest BCUT2D eigenvalue weighted by atomic mass is 32.1. The van der Waals surface area contributed by atoms with Gasteiger partial charge in [-0.05, 0) is 130 Å². The van der Waals surface area contributed by atoms with Crippen molar-refractivity contribution in [2.75, 3.05) is 0 Å². The predicted molar refractivity (Wildman–Crippen MR) is 556 cm³/mol. The molecule has 10 heterocycles. The third-order valence-electron chi connectivity index (χ3n) is 25.6. The van der Waals surface area contributed by atoms with Gasteiger partial charge >= 0.3 is 0 Å². The van der Waals surface area contributed by atoms with Crippen LogP contribution in [0.25, 0.3) is 253 Å². The summed E-state index contributed by atoms with van der Waals surface area (Å²) in [5, 5.41) is 18.9. The summed E-state index contributed by atoms with van der Waals surface area (Å²) in [6, 6.07) is 149. The zero-order chi connectivity index (χ0) is 86.1. The van der Waals surface area contributed by atoms with E-state index in [0.717, 1.165) is 94.9 Å². The topological polar surface area (TPSA) is 92.1 Å². The second-order valence-electron chi connectivity index (χ2n) is 33.1. The van der Waals surface area contributed by atoms with Crippen molar-refractivity contribution >= 4 is 202 Å². The molecule has 0 N–H and O–H groups in total. The van der Waals surface area contributed by atoms with Crippen LogP contribution in [0.5, 0.6) is 0 Å². The van der Waals surface area contributed by atoms with Gasteiger partial charge in [-0.2, -0.15) is 0 Å². The van der Waals surface area contributed by atoms with Crippen LogP contribution in [0, 0.1) is 0 Å². The first-order valence-electron chi connectivity index (χ1n) is 43.8. The van der Waals surface area contributed by atoms with Crippen LogP contribution < -0.4 is 0 Å². The van der Waals surface area contributed by atoms with Crippen LogP contribution in [0.1, 0.15) is 0 Å². The highest BCUT2D eigenvalue weighted by molar-refractivity contribution is 7.28. The van der Waals surface area contributed by atoms with Crippen LogP contribution in [-0.4, -0.2) is 43.6 Å². The Hall–Kier alpha value is -16.3. The summed E-state index contributed by atoms with van der Waals surface area (Å²) < 4.78 is 17.3. The molecule has 0 saturated carbocycles. The van der Waals surface area contributed by atoms with E-state index in [4.69, 9.17) is 29.9 Å². The fraction of sp³-hybridized carbons (Fsp3) is 0. The molecule has 18 aromatic carbocycles. The molecular formula is C118H71N9S4. The lowest BCUT2D eigenvalue weighted by atomic mass is 9.98. The van der Waals surface area contributed by atoms with Crippen LogP contribution in [-0.2, 0) is 0 Å². The highest BCUT2D eigenvalue weighted by Gasteiger charge is 2.25. The number of hydrogen-bond donors (Lipinski definition) is 0. The van der Waals surface area contributed by atoms with Gasteiger partial charge in [-0.15, -0.1) is 45.3 Å². The summed E-state index contributed by atoms with van der Waals surface area (Å²) in [4.78, 5) is 30.3.